The van der Waals surface area contributed by atoms with Crippen LogP contribution >= 0.6 is 57.3 Å². The van der Waals surface area contributed by atoms with Gasteiger partial charge < -0.3 is 9.67 Å². The molecule has 0 aliphatic heterocycles. The fourth-order valence-electron chi connectivity index (χ4n) is 2.79. The summed E-state index contributed by atoms with van der Waals surface area (Å²) in [5, 5.41) is 9.44. The van der Waals surface area contributed by atoms with E-state index in [4.69, 9.17) is 21.5 Å². The van der Waals surface area contributed by atoms with Gasteiger partial charge in [-0.1, -0.05) is 29.4 Å². The summed E-state index contributed by atoms with van der Waals surface area (Å²) in [5.41, 5.74) is 3.96. The lowest BCUT2D eigenvalue weighted by Gasteiger charge is -2.15. The van der Waals surface area contributed by atoms with E-state index in [1.54, 1.807) is 7.05 Å². The zero-order chi connectivity index (χ0) is 21.1. The molecule has 0 aliphatic rings. The van der Waals surface area contributed by atoms with Crippen LogP contribution in [0.5, 0.6) is 0 Å². The van der Waals surface area contributed by atoms with Gasteiger partial charge in [0.15, 0.2) is 4.34 Å². The molecule has 11 heteroatoms. The molecular weight excluding hydrogens is 549 g/mol. The van der Waals surface area contributed by atoms with E-state index in [-0.39, 0.29) is 30.8 Å². The zero-order valence-electron chi connectivity index (χ0n) is 15.5. The molecule has 1 amide bonds. The molecule has 0 atom stereocenters. The minimum Gasteiger partial charge on any atom is -0.394 e. The third-order valence-electron chi connectivity index (χ3n) is 4.17. The van der Waals surface area contributed by atoms with E-state index in [1.165, 1.54) is 27.7 Å². The van der Waals surface area contributed by atoms with Gasteiger partial charge in [-0.15, -0.1) is 11.3 Å². The normalized spacial score (nSPS) is 11.2. The van der Waals surface area contributed by atoms with Crippen molar-refractivity contribution in [2.75, 3.05) is 19.5 Å². The fourth-order valence-corrected chi connectivity index (χ4v) is 5.25. The molecule has 2 heterocycles. The molecule has 0 radical (unpaired) electrons. The average Bonchev–Trinajstić information content (AvgIpc) is 3.12. The highest BCUT2D eigenvalue weighted by Crippen LogP contribution is 2.31. The Morgan fingerprint density at radius 3 is 2.90 bits per heavy atom. The molecule has 2 N–H and O–H groups in total. The molecule has 2 aromatic heterocycles. The highest BCUT2D eigenvalue weighted by atomic mass is 127. The van der Waals surface area contributed by atoms with Gasteiger partial charge in [-0.25, -0.2) is 10.5 Å². The lowest BCUT2D eigenvalue weighted by molar-refractivity contribution is 0.0168. The number of thiazole rings is 1. The Labute approximate surface area is 193 Å². The Balaban J connectivity index is 2.20. The predicted molar refractivity (Wildman–Crippen MR) is 124 cm³/mol. The number of amides is 1. The quantitative estimate of drug-likeness (QED) is 0.198. The Morgan fingerprint density at radius 1 is 1.48 bits per heavy atom. The van der Waals surface area contributed by atoms with E-state index < -0.39 is 5.91 Å². The topological polar surface area (TPSA) is 93.4 Å². The Morgan fingerprint density at radius 2 is 2.24 bits per heavy atom. The van der Waals surface area contributed by atoms with Crippen LogP contribution in [0.4, 0.5) is 0 Å². The summed E-state index contributed by atoms with van der Waals surface area (Å²) in [6.07, 6.45) is 2.13. The number of benzene rings is 1. The van der Waals surface area contributed by atoms with E-state index >= 15 is 0 Å². The molecule has 7 nitrogen and oxygen atoms in total. The minimum atomic E-state index is -0.534. The van der Waals surface area contributed by atoms with Crippen LogP contribution in [0.15, 0.2) is 27.3 Å². The van der Waals surface area contributed by atoms with Gasteiger partial charge in [-0.2, -0.15) is 0 Å². The number of fused-ring (bicyclic) bond motifs is 1. The Bertz CT molecular complexity index is 1130. The maximum Gasteiger partial charge on any atom is 0.278 e. The largest absolute Gasteiger partial charge is 0.394 e. The van der Waals surface area contributed by atoms with Crippen molar-refractivity contribution in [3.63, 3.8) is 0 Å². The van der Waals surface area contributed by atoms with Crippen molar-refractivity contribution in [3.05, 3.63) is 54.0 Å². The number of nitrogens with zero attached hydrogens (tertiary/aromatic N) is 2. The van der Waals surface area contributed by atoms with Crippen LogP contribution in [-0.4, -0.2) is 40.0 Å². The van der Waals surface area contributed by atoms with Gasteiger partial charge in [0, 0.05) is 27.8 Å². The zero-order valence-corrected chi connectivity index (χ0v) is 20.0. The number of halogens is 2. The molecule has 0 spiro atoms. The molecule has 1 aromatic carbocycles. The first-order valence-electron chi connectivity index (χ1n) is 8.40. The third-order valence-corrected chi connectivity index (χ3v) is 7.22. The van der Waals surface area contributed by atoms with Gasteiger partial charge in [0.2, 0.25) is 0 Å². The number of rotatable bonds is 7. The molecule has 0 bridgehead atoms. The second kappa shape index (κ2) is 9.75. The first-order valence-corrected chi connectivity index (χ1v) is 11.9. The van der Waals surface area contributed by atoms with Crippen LogP contribution in [0, 0.1) is 3.57 Å². The van der Waals surface area contributed by atoms with Crippen molar-refractivity contribution < 1.29 is 14.7 Å². The monoisotopic (exact) mass is 565 g/mol. The molecule has 29 heavy (non-hydrogen) atoms. The third kappa shape index (κ3) is 4.78. The maximum atomic E-state index is 12.9. The summed E-state index contributed by atoms with van der Waals surface area (Å²) in [5.74, 6) is -0.534. The minimum absolute atomic E-state index is 0.0495. The van der Waals surface area contributed by atoms with Crippen molar-refractivity contribution in [1.29, 1.82) is 0 Å². The van der Waals surface area contributed by atoms with Gasteiger partial charge in [-0.3, -0.25) is 14.4 Å². The summed E-state index contributed by atoms with van der Waals surface area (Å²) in [7, 11) is 1.63. The first-order chi connectivity index (χ1) is 13.9. The number of aromatic nitrogens is 2. The molecule has 0 unspecified atom stereocenters. The number of carbonyl (C=O) groups is 1. The number of carbonyl (C=O) groups excluding carboxylic acids is 1. The highest BCUT2D eigenvalue weighted by Gasteiger charge is 2.25. The molecule has 0 fully saturated rings. The summed E-state index contributed by atoms with van der Waals surface area (Å²) in [6.45, 7) is -0.284. The number of hydroxylamine groups is 1. The van der Waals surface area contributed by atoms with E-state index in [9.17, 15) is 9.59 Å². The summed E-state index contributed by atoms with van der Waals surface area (Å²) < 4.78 is 3.54. The van der Waals surface area contributed by atoms with Crippen molar-refractivity contribution in [1.82, 2.24) is 15.0 Å². The number of aliphatic hydroxyl groups is 1. The number of aliphatic hydroxyl groups excluding tert-OH is 1. The van der Waals surface area contributed by atoms with Gasteiger partial charge >= 0.3 is 0 Å². The highest BCUT2D eigenvalue weighted by molar-refractivity contribution is 14.1. The number of thioether (sulfide) groups is 1. The molecule has 154 valence electrons. The van der Waals surface area contributed by atoms with E-state index in [0.29, 0.717) is 25.3 Å². The van der Waals surface area contributed by atoms with Crippen molar-refractivity contribution in [2.45, 2.75) is 10.8 Å². The van der Waals surface area contributed by atoms with Gasteiger partial charge in [0.25, 0.3) is 11.5 Å². The fraction of sp³-hybridized carbons (Fsp3) is 0.278. The van der Waals surface area contributed by atoms with Crippen molar-refractivity contribution >= 4 is 73.4 Å². The lowest BCUT2D eigenvalue weighted by Crippen LogP contribution is -2.31. The molecule has 3 rings (SSSR count). The average molecular weight is 566 g/mol. The molecular formula is C18H17ClIN3O4S2. The maximum absolute atomic E-state index is 12.9. The van der Waals surface area contributed by atoms with Crippen LogP contribution < -0.4 is 11.0 Å². The SMILES string of the molecule is CSc1nc2c(C(=O)NOCCO)c(Cc3ccc(I)cc3Cl)n(C)c(=O)c2s1. The van der Waals surface area contributed by atoms with Crippen molar-refractivity contribution in [2.24, 2.45) is 7.05 Å². The van der Waals surface area contributed by atoms with E-state index in [2.05, 4.69) is 33.1 Å². The van der Waals surface area contributed by atoms with Crippen LogP contribution in [0.1, 0.15) is 21.6 Å². The predicted octanol–water partition coefficient (Wildman–Crippen LogP) is 3.22. The summed E-state index contributed by atoms with van der Waals surface area (Å²) in [4.78, 5) is 35.4. The molecule has 3 aromatic rings. The number of pyridine rings is 1. The van der Waals surface area contributed by atoms with Crippen LogP contribution in [-0.2, 0) is 18.3 Å². The Kier molecular flexibility index (Phi) is 7.57. The van der Waals surface area contributed by atoms with Crippen LogP contribution in [0.2, 0.25) is 5.02 Å². The van der Waals surface area contributed by atoms with E-state index in [0.717, 1.165) is 9.13 Å². The van der Waals surface area contributed by atoms with Gasteiger partial charge in [0.1, 0.15) is 10.2 Å². The molecule has 0 saturated heterocycles. The molecule has 0 saturated carbocycles. The number of hydrogen-bond donors (Lipinski definition) is 2. The second-order valence-electron chi connectivity index (χ2n) is 5.96. The smallest absolute Gasteiger partial charge is 0.278 e. The number of nitrogens with one attached hydrogen (secondary N) is 1. The second-order valence-corrected chi connectivity index (χ2v) is 9.67. The standard InChI is InChI=1S/C18H17ClIN3O4S2/c1-23-12(7-9-3-4-10(20)8-11(9)19)13(16(25)22-27-6-5-24)14-15(17(23)26)29-18(21-14)28-2/h3-4,8,24H,5-7H2,1-2H3,(H,22,25). The first kappa shape index (κ1) is 22.5. The van der Waals surface area contributed by atoms with Crippen LogP contribution in [0.25, 0.3) is 10.2 Å². The van der Waals surface area contributed by atoms with Gasteiger partial charge in [-0.05, 0) is 46.5 Å². The number of hydrogen-bond acceptors (Lipinski definition) is 7. The van der Waals surface area contributed by atoms with Gasteiger partial charge in [0.05, 0.1) is 18.8 Å². The summed E-state index contributed by atoms with van der Waals surface area (Å²) >= 11 is 11.2. The van der Waals surface area contributed by atoms with Crippen LogP contribution in [0.3, 0.4) is 0 Å². The lowest BCUT2D eigenvalue weighted by atomic mass is 10.0. The molecule has 0 aliphatic carbocycles. The Hall–Kier alpha value is -1.18. The van der Waals surface area contributed by atoms with E-state index in [1.807, 2.05) is 24.5 Å². The summed E-state index contributed by atoms with van der Waals surface area (Å²) in [6, 6.07) is 5.61. The van der Waals surface area contributed by atoms with Crippen molar-refractivity contribution in [3.8, 4) is 0 Å².